The molecule has 15 nitrogen and oxygen atoms in total. The third-order valence-electron chi connectivity index (χ3n) is 10.6. The SMILES string of the molecule is Cc1c(O)c(Cl)cc(C(=O)N2CCC([N+]3(CC4=C(C(=O)O)N5C(=O)[C@@H](CC(=O)/C(=N\O[C@@H](C)C(=O)O)c6nc(N)sc6Cl)[C@H]5SC4)CCCC3)CC2)c1Cl. The molecule has 0 unspecified atom stereocenters. The number of anilines is 1. The van der Waals surface area contributed by atoms with Gasteiger partial charge in [-0.3, -0.25) is 19.3 Å². The van der Waals surface area contributed by atoms with E-state index in [9.17, 15) is 39.3 Å². The van der Waals surface area contributed by atoms with Crippen molar-refractivity contribution in [3.05, 3.63) is 48.5 Å². The van der Waals surface area contributed by atoms with Crippen LogP contribution in [0.3, 0.4) is 0 Å². The number of likely N-dealkylation sites (tertiary alicyclic amines) is 2. The molecule has 3 fully saturated rings. The van der Waals surface area contributed by atoms with E-state index in [-0.39, 0.29) is 66.3 Å². The van der Waals surface area contributed by atoms with E-state index in [1.165, 1.54) is 29.7 Å². The molecule has 6 rings (SSSR count). The monoisotopic (exact) mass is 843 g/mol. The van der Waals surface area contributed by atoms with Gasteiger partial charge < -0.3 is 35.3 Å². The number of carbonyl (C=O) groups excluding carboxylic acids is 3. The topological polar surface area (TPSA) is 213 Å². The number of nitrogens with zero attached hydrogens (tertiary/aromatic N) is 5. The highest BCUT2D eigenvalue weighted by molar-refractivity contribution is 8.00. The smallest absolute Gasteiger partial charge is 0.352 e. The number of aromatic nitrogens is 1. The van der Waals surface area contributed by atoms with Crippen LogP contribution >= 0.6 is 57.9 Å². The van der Waals surface area contributed by atoms with Crippen molar-refractivity contribution in [1.29, 1.82) is 0 Å². The van der Waals surface area contributed by atoms with E-state index in [1.807, 2.05) is 0 Å². The second kappa shape index (κ2) is 15.9. The molecule has 3 saturated heterocycles. The molecule has 2 amide bonds. The average molecular weight is 845 g/mol. The minimum atomic E-state index is -1.40. The van der Waals surface area contributed by atoms with Gasteiger partial charge in [0.15, 0.2) is 16.6 Å². The number of phenolic OH excluding ortho intramolecular Hbond substituents is 1. The molecular formula is C34H38Cl3N6O9S2+. The van der Waals surface area contributed by atoms with E-state index in [1.54, 1.807) is 11.8 Å². The first kappa shape index (κ1) is 40.1. The Kier molecular flexibility index (Phi) is 11.8. The molecular weight excluding hydrogens is 807 g/mol. The van der Waals surface area contributed by atoms with Gasteiger partial charge in [-0.2, -0.15) is 0 Å². The number of nitrogens with two attached hydrogens (primary N) is 1. The van der Waals surface area contributed by atoms with Crippen molar-refractivity contribution in [3.63, 3.8) is 0 Å². The fourth-order valence-corrected chi connectivity index (χ4v) is 10.6. The highest BCUT2D eigenvalue weighted by atomic mass is 35.5. The van der Waals surface area contributed by atoms with Crippen molar-refractivity contribution >= 4 is 98.3 Å². The zero-order valence-electron chi connectivity index (χ0n) is 29.2. The van der Waals surface area contributed by atoms with Crippen LogP contribution in [0, 0.1) is 12.8 Å². The van der Waals surface area contributed by atoms with Crippen LogP contribution in [0.2, 0.25) is 14.4 Å². The number of carboxylic acids is 2. The van der Waals surface area contributed by atoms with Crippen LogP contribution in [-0.2, 0) is 24.0 Å². The summed E-state index contributed by atoms with van der Waals surface area (Å²) >= 11 is 21.1. The lowest BCUT2D eigenvalue weighted by atomic mass is 9.89. The predicted molar refractivity (Wildman–Crippen MR) is 203 cm³/mol. The highest BCUT2D eigenvalue weighted by Crippen LogP contribution is 2.47. The molecule has 0 aliphatic carbocycles. The Morgan fingerprint density at radius 1 is 1.15 bits per heavy atom. The molecule has 2 aromatic rings. The minimum absolute atomic E-state index is 0.0264. The molecule has 5 heterocycles. The van der Waals surface area contributed by atoms with Crippen LogP contribution in [0.4, 0.5) is 5.13 Å². The summed E-state index contributed by atoms with van der Waals surface area (Å²) in [5.74, 6) is -4.75. The molecule has 0 bridgehead atoms. The number of carbonyl (C=O) groups is 5. The standard InChI is InChI=1S/C34H37Cl3N6O9S2/c1-15-23(36)19(11-21(35)27(15)45)29(46)41-7-5-18(6-8-41)43(9-3-4-10-43)13-17-14-53-31-20(30(47)42(31)26(17)33(50)51)12-22(44)24(40-52-16(2)32(48)49)25-28(37)54-34(38)39-25/h11,16,18,20,31H,3-10,12-14H2,1-2H3,(H4-,38,39,45,46,48,49,50,51)/p+1/b40-24+/t16-,20+,31+/m0/s1. The highest BCUT2D eigenvalue weighted by Gasteiger charge is 2.55. The maximum absolute atomic E-state index is 13.7. The van der Waals surface area contributed by atoms with E-state index in [4.69, 9.17) is 45.4 Å². The molecule has 5 N–H and O–H groups in total. The van der Waals surface area contributed by atoms with Crippen molar-refractivity contribution in [3.8, 4) is 5.75 Å². The van der Waals surface area contributed by atoms with Crippen LogP contribution in [0.15, 0.2) is 22.5 Å². The summed E-state index contributed by atoms with van der Waals surface area (Å²) in [6.07, 6.45) is 1.52. The van der Waals surface area contributed by atoms with Gasteiger partial charge >= 0.3 is 11.9 Å². The second-order valence-corrected chi connectivity index (χ2v) is 17.4. The van der Waals surface area contributed by atoms with Gasteiger partial charge in [-0.05, 0) is 19.9 Å². The van der Waals surface area contributed by atoms with Gasteiger partial charge in [0.25, 0.3) is 5.91 Å². The third-order valence-corrected chi connectivity index (χ3v) is 13.9. The Labute approximate surface area is 333 Å². The Bertz CT molecular complexity index is 1980. The normalized spacial score (nSPS) is 22.2. The molecule has 4 aliphatic heterocycles. The number of Topliss-reactive ketones (excluding diaryl/α,β-unsaturated/α-hetero) is 1. The zero-order chi connectivity index (χ0) is 39.2. The lowest BCUT2D eigenvalue weighted by Crippen LogP contribution is -2.63. The average Bonchev–Trinajstić information content (AvgIpc) is 3.76. The first-order valence-electron chi connectivity index (χ1n) is 17.2. The quantitative estimate of drug-likeness (QED) is 0.0997. The number of phenols is 1. The maximum Gasteiger partial charge on any atom is 0.352 e. The van der Waals surface area contributed by atoms with Crippen LogP contribution in [0.25, 0.3) is 0 Å². The van der Waals surface area contributed by atoms with Crippen molar-refractivity contribution in [2.24, 2.45) is 11.1 Å². The van der Waals surface area contributed by atoms with E-state index in [0.717, 1.165) is 37.3 Å². The number of ketones is 1. The molecule has 3 atom stereocenters. The summed E-state index contributed by atoms with van der Waals surface area (Å²) in [5, 5.41) is 33.2. The number of hydrogen-bond acceptors (Lipinski definition) is 12. The van der Waals surface area contributed by atoms with Crippen molar-refractivity contribution in [1.82, 2.24) is 14.8 Å². The number of nitrogen functional groups attached to an aromatic ring is 1. The molecule has 0 spiro atoms. The second-order valence-electron chi connectivity index (χ2n) is 13.8. The van der Waals surface area contributed by atoms with E-state index in [2.05, 4.69) is 10.1 Å². The Morgan fingerprint density at radius 3 is 2.41 bits per heavy atom. The third kappa shape index (κ3) is 7.50. The predicted octanol–water partition coefficient (Wildman–Crippen LogP) is 4.64. The molecule has 20 heteroatoms. The summed E-state index contributed by atoms with van der Waals surface area (Å²) in [7, 11) is 0. The number of aromatic hydroxyl groups is 1. The van der Waals surface area contributed by atoms with E-state index in [0.29, 0.717) is 53.8 Å². The number of aliphatic carboxylic acids is 2. The summed E-state index contributed by atoms with van der Waals surface area (Å²) in [6.45, 7) is 5.85. The van der Waals surface area contributed by atoms with Crippen LogP contribution in [0.1, 0.15) is 60.6 Å². The zero-order valence-corrected chi connectivity index (χ0v) is 33.1. The molecule has 54 heavy (non-hydrogen) atoms. The molecule has 0 saturated carbocycles. The van der Waals surface area contributed by atoms with Crippen molar-refractivity contribution in [2.75, 3.05) is 44.2 Å². The molecule has 4 aliphatic rings. The number of β-lactam (4-membered cyclic amide) rings is 1. The number of hydrogen-bond donors (Lipinski definition) is 4. The number of rotatable bonds is 12. The maximum atomic E-state index is 13.7. The largest absolute Gasteiger partial charge is 0.506 e. The van der Waals surface area contributed by atoms with Crippen LogP contribution in [-0.4, -0.2) is 126 Å². The van der Waals surface area contributed by atoms with Gasteiger partial charge in [-0.1, -0.05) is 51.3 Å². The summed E-state index contributed by atoms with van der Waals surface area (Å²) in [4.78, 5) is 77.0. The molecule has 1 aromatic heterocycles. The van der Waals surface area contributed by atoms with Gasteiger partial charge in [-0.15, -0.1) is 11.8 Å². The van der Waals surface area contributed by atoms with Crippen LogP contribution in [0.5, 0.6) is 5.75 Å². The van der Waals surface area contributed by atoms with Gasteiger partial charge in [0.1, 0.15) is 28.0 Å². The number of halogens is 3. The fourth-order valence-electron chi connectivity index (χ4n) is 7.79. The van der Waals surface area contributed by atoms with Gasteiger partial charge in [0, 0.05) is 62.1 Å². The number of fused-ring (bicyclic) bond motifs is 1. The number of benzene rings is 1. The number of carboxylic acid groups (broad SMARTS) is 2. The summed E-state index contributed by atoms with van der Waals surface area (Å²) in [5.41, 5.74) is 6.41. The van der Waals surface area contributed by atoms with Crippen molar-refractivity contribution < 1.29 is 48.6 Å². The fraction of sp³-hybridized carbons (Fsp3) is 0.500. The number of quaternary nitrogens is 1. The summed E-state index contributed by atoms with van der Waals surface area (Å²) in [6, 6.07) is 1.53. The number of thioether (sulfide) groups is 1. The van der Waals surface area contributed by atoms with Gasteiger partial charge in [0.2, 0.25) is 12.0 Å². The van der Waals surface area contributed by atoms with E-state index < -0.39 is 41.0 Å². The number of amides is 2. The minimum Gasteiger partial charge on any atom is -0.506 e. The van der Waals surface area contributed by atoms with Gasteiger partial charge in [0.05, 0.1) is 46.0 Å². The first-order valence-corrected chi connectivity index (χ1v) is 20.2. The number of piperidine rings is 1. The Balaban J connectivity index is 1.17. The number of oxime groups is 1. The summed E-state index contributed by atoms with van der Waals surface area (Å²) < 4.78 is 0.679. The Hall–Kier alpha value is -3.61. The molecule has 290 valence electrons. The number of thiazole rings is 1. The molecule has 0 radical (unpaired) electrons. The first-order chi connectivity index (χ1) is 25.5. The van der Waals surface area contributed by atoms with Crippen molar-refractivity contribution in [2.45, 2.75) is 63.5 Å². The molecule has 1 aromatic carbocycles. The van der Waals surface area contributed by atoms with Gasteiger partial charge in [-0.25, -0.2) is 14.6 Å². The Morgan fingerprint density at radius 2 is 1.81 bits per heavy atom. The lowest BCUT2D eigenvalue weighted by Gasteiger charge is -2.51. The lowest BCUT2D eigenvalue weighted by molar-refractivity contribution is -0.937. The van der Waals surface area contributed by atoms with E-state index >= 15 is 0 Å². The van der Waals surface area contributed by atoms with Crippen LogP contribution < -0.4 is 5.73 Å².